The Morgan fingerprint density at radius 2 is 2.11 bits per heavy atom. The SMILES string of the molecule is O=C(O)CC1(CNC(=O)c2cscn2)CCCCC1. The predicted octanol–water partition coefficient (Wildman–Crippen LogP) is 2.30. The molecule has 0 radical (unpaired) electrons. The molecule has 19 heavy (non-hydrogen) atoms. The highest BCUT2D eigenvalue weighted by Gasteiger charge is 2.34. The van der Waals surface area contributed by atoms with Gasteiger partial charge in [0.15, 0.2) is 0 Å². The lowest BCUT2D eigenvalue weighted by molar-refractivity contribution is -0.140. The number of nitrogens with zero attached hydrogens (tertiary/aromatic N) is 1. The van der Waals surface area contributed by atoms with Crippen LogP contribution in [0, 0.1) is 5.41 Å². The number of aromatic nitrogens is 1. The zero-order chi connectivity index (χ0) is 13.7. The maximum atomic E-state index is 11.9. The van der Waals surface area contributed by atoms with Gasteiger partial charge in [0, 0.05) is 11.9 Å². The average Bonchev–Trinajstić information content (AvgIpc) is 2.90. The number of aliphatic carboxylic acids is 1. The molecule has 104 valence electrons. The smallest absolute Gasteiger partial charge is 0.303 e. The van der Waals surface area contributed by atoms with Crippen LogP contribution in [-0.4, -0.2) is 28.5 Å². The van der Waals surface area contributed by atoms with E-state index >= 15 is 0 Å². The summed E-state index contributed by atoms with van der Waals surface area (Å²) in [6.45, 7) is 0.426. The third kappa shape index (κ3) is 3.76. The quantitative estimate of drug-likeness (QED) is 0.868. The van der Waals surface area contributed by atoms with E-state index in [9.17, 15) is 9.59 Å². The molecular weight excluding hydrogens is 264 g/mol. The summed E-state index contributed by atoms with van der Waals surface area (Å²) in [6.07, 6.45) is 5.11. The average molecular weight is 282 g/mol. The fourth-order valence-corrected chi connectivity index (χ4v) is 3.25. The van der Waals surface area contributed by atoms with E-state index in [0.717, 1.165) is 32.1 Å². The van der Waals surface area contributed by atoms with Crippen LogP contribution in [0.4, 0.5) is 0 Å². The van der Waals surface area contributed by atoms with Gasteiger partial charge in [-0.25, -0.2) is 4.98 Å². The molecular formula is C13H18N2O3S. The number of amides is 1. The van der Waals surface area contributed by atoms with Crippen molar-refractivity contribution in [1.29, 1.82) is 0 Å². The van der Waals surface area contributed by atoms with Gasteiger partial charge in [-0.3, -0.25) is 9.59 Å². The first-order chi connectivity index (χ1) is 9.11. The molecule has 5 nitrogen and oxygen atoms in total. The van der Waals surface area contributed by atoms with Crippen LogP contribution in [0.5, 0.6) is 0 Å². The number of thiazole rings is 1. The van der Waals surface area contributed by atoms with Crippen molar-refractivity contribution in [2.45, 2.75) is 38.5 Å². The van der Waals surface area contributed by atoms with E-state index in [0.29, 0.717) is 12.2 Å². The number of nitrogens with one attached hydrogen (secondary N) is 1. The van der Waals surface area contributed by atoms with Crippen molar-refractivity contribution in [1.82, 2.24) is 10.3 Å². The molecule has 0 spiro atoms. The minimum atomic E-state index is -0.787. The molecule has 1 aromatic heterocycles. The molecule has 1 fully saturated rings. The second kappa shape index (κ2) is 6.14. The highest BCUT2D eigenvalue weighted by atomic mass is 32.1. The molecule has 1 aromatic rings. The zero-order valence-electron chi connectivity index (χ0n) is 10.7. The van der Waals surface area contributed by atoms with Gasteiger partial charge in [-0.15, -0.1) is 11.3 Å². The monoisotopic (exact) mass is 282 g/mol. The molecule has 0 aromatic carbocycles. The number of rotatable bonds is 5. The predicted molar refractivity (Wildman–Crippen MR) is 72.2 cm³/mol. The van der Waals surface area contributed by atoms with Gasteiger partial charge in [0.25, 0.3) is 5.91 Å². The number of carbonyl (C=O) groups is 2. The van der Waals surface area contributed by atoms with E-state index in [4.69, 9.17) is 5.11 Å². The van der Waals surface area contributed by atoms with Gasteiger partial charge in [-0.05, 0) is 18.3 Å². The minimum absolute atomic E-state index is 0.129. The van der Waals surface area contributed by atoms with Gasteiger partial charge in [-0.2, -0.15) is 0 Å². The molecule has 1 aliphatic rings. The van der Waals surface area contributed by atoms with Crippen molar-refractivity contribution < 1.29 is 14.7 Å². The summed E-state index contributed by atoms with van der Waals surface area (Å²) in [6, 6.07) is 0. The van der Waals surface area contributed by atoms with Crippen LogP contribution in [-0.2, 0) is 4.79 Å². The lowest BCUT2D eigenvalue weighted by atomic mass is 9.71. The lowest BCUT2D eigenvalue weighted by Crippen LogP contribution is -2.40. The highest BCUT2D eigenvalue weighted by Crippen LogP contribution is 2.38. The number of hydrogen-bond acceptors (Lipinski definition) is 4. The Balaban J connectivity index is 1.96. The van der Waals surface area contributed by atoms with Crippen LogP contribution in [0.2, 0.25) is 0 Å². The summed E-state index contributed by atoms with van der Waals surface area (Å²) in [4.78, 5) is 26.8. The van der Waals surface area contributed by atoms with Gasteiger partial charge in [0.2, 0.25) is 0 Å². The third-order valence-electron chi connectivity index (χ3n) is 3.73. The fraction of sp³-hybridized carbons (Fsp3) is 0.615. The minimum Gasteiger partial charge on any atom is -0.481 e. The van der Waals surface area contributed by atoms with Crippen molar-refractivity contribution in [3.63, 3.8) is 0 Å². The molecule has 0 aliphatic heterocycles. The van der Waals surface area contributed by atoms with Crippen LogP contribution in [0.1, 0.15) is 49.0 Å². The normalized spacial score (nSPS) is 17.9. The Hall–Kier alpha value is -1.43. The largest absolute Gasteiger partial charge is 0.481 e. The van der Waals surface area contributed by atoms with Crippen molar-refractivity contribution in [2.75, 3.05) is 6.54 Å². The summed E-state index contributed by atoms with van der Waals surface area (Å²) in [7, 11) is 0. The first kappa shape index (κ1) is 14.0. The summed E-state index contributed by atoms with van der Waals surface area (Å²) in [5, 5.41) is 13.6. The number of carbonyl (C=O) groups excluding carboxylic acids is 1. The second-order valence-corrected chi connectivity index (χ2v) is 5.91. The standard InChI is InChI=1S/C13H18N2O3S/c16-11(17)6-13(4-2-1-3-5-13)8-14-12(18)10-7-19-9-15-10/h7,9H,1-6,8H2,(H,14,18)(H,16,17). The molecule has 2 rings (SSSR count). The van der Waals surface area contributed by atoms with Crippen molar-refractivity contribution >= 4 is 23.2 Å². The summed E-state index contributed by atoms with van der Waals surface area (Å²) in [5.74, 6) is -0.999. The summed E-state index contributed by atoms with van der Waals surface area (Å²) in [5.41, 5.74) is 1.74. The van der Waals surface area contributed by atoms with Gasteiger partial charge in [-0.1, -0.05) is 19.3 Å². The first-order valence-electron chi connectivity index (χ1n) is 6.50. The lowest BCUT2D eigenvalue weighted by Gasteiger charge is -2.36. The van der Waals surface area contributed by atoms with E-state index < -0.39 is 5.97 Å². The van der Waals surface area contributed by atoms with Crippen molar-refractivity contribution in [3.05, 3.63) is 16.6 Å². The third-order valence-corrected chi connectivity index (χ3v) is 4.32. The van der Waals surface area contributed by atoms with Crippen molar-refractivity contribution in [3.8, 4) is 0 Å². The Labute approximate surface area is 116 Å². The van der Waals surface area contributed by atoms with E-state index in [1.165, 1.54) is 11.3 Å². The van der Waals surface area contributed by atoms with Crippen LogP contribution in [0.25, 0.3) is 0 Å². The Morgan fingerprint density at radius 1 is 1.37 bits per heavy atom. The van der Waals surface area contributed by atoms with E-state index in [1.54, 1.807) is 10.9 Å². The summed E-state index contributed by atoms with van der Waals surface area (Å²) >= 11 is 1.37. The van der Waals surface area contributed by atoms with Gasteiger partial charge < -0.3 is 10.4 Å². The molecule has 0 unspecified atom stereocenters. The van der Waals surface area contributed by atoms with Gasteiger partial charge >= 0.3 is 5.97 Å². The highest BCUT2D eigenvalue weighted by molar-refractivity contribution is 7.07. The summed E-state index contributed by atoms with van der Waals surface area (Å²) < 4.78 is 0. The second-order valence-electron chi connectivity index (χ2n) is 5.19. The van der Waals surface area contributed by atoms with Crippen LogP contribution in [0.15, 0.2) is 10.9 Å². The topological polar surface area (TPSA) is 79.3 Å². The molecule has 0 bridgehead atoms. The zero-order valence-corrected chi connectivity index (χ0v) is 11.5. The van der Waals surface area contributed by atoms with E-state index in [-0.39, 0.29) is 17.7 Å². The Bertz CT molecular complexity index is 439. The van der Waals surface area contributed by atoms with Crippen molar-refractivity contribution in [2.24, 2.45) is 5.41 Å². The van der Waals surface area contributed by atoms with Crippen LogP contribution >= 0.6 is 11.3 Å². The molecule has 1 aliphatic carbocycles. The fourth-order valence-electron chi connectivity index (χ4n) is 2.72. The number of carboxylic acids is 1. The van der Waals surface area contributed by atoms with Gasteiger partial charge in [0.05, 0.1) is 11.9 Å². The molecule has 2 N–H and O–H groups in total. The Morgan fingerprint density at radius 3 is 2.68 bits per heavy atom. The van der Waals surface area contributed by atoms with Gasteiger partial charge in [0.1, 0.15) is 5.69 Å². The van der Waals surface area contributed by atoms with Crippen LogP contribution in [0.3, 0.4) is 0 Å². The molecule has 1 saturated carbocycles. The number of hydrogen-bond donors (Lipinski definition) is 2. The van der Waals surface area contributed by atoms with E-state index in [1.807, 2.05) is 0 Å². The number of carboxylic acid groups (broad SMARTS) is 1. The van der Waals surface area contributed by atoms with E-state index in [2.05, 4.69) is 10.3 Å². The first-order valence-corrected chi connectivity index (χ1v) is 7.44. The molecule has 0 atom stereocenters. The molecule has 0 saturated heterocycles. The molecule has 1 amide bonds. The van der Waals surface area contributed by atoms with Crippen LogP contribution < -0.4 is 5.32 Å². The molecule has 1 heterocycles. The maximum absolute atomic E-state index is 11.9. The maximum Gasteiger partial charge on any atom is 0.303 e. The molecule has 6 heteroatoms. The Kier molecular flexibility index (Phi) is 4.52.